The molecule has 20 N–H and O–H groups in total. The van der Waals surface area contributed by atoms with Gasteiger partial charge < -0.3 is 90.5 Å². The number of carbonyl (C=O) groups is 6. The number of hydrogen-bond acceptors (Lipinski definition) is 18. The molecule has 0 radical (unpaired) electrons. The predicted molar refractivity (Wildman–Crippen MR) is 202 cm³/mol. The van der Waals surface area contributed by atoms with Gasteiger partial charge in [0, 0.05) is 63.9 Å². The molecule has 5 amide bonds. The third kappa shape index (κ3) is 17.3. The van der Waals surface area contributed by atoms with Crippen LogP contribution < -0.4 is 60.6 Å². The van der Waals surface area contributed by atoms with Gasteiger partial charge in [0.2, 0.25) is 23.6 Å². The molecule has 0 aliphatic carbocycles. The summed E-state index contributed by atoms with van der Waals surface area (Å²) in [6, 6.07) is -5.51. The van der Waals surface area contributed by atoms with Gasteiger partial charge in [-0.1, -0.05) is 0 Å². The maximum atomic E-state index is 13.4. The van der Waals surface area contributed by atoms with Crippen LogP contribution in [-0.2, 0) is 33.4 Å². The number of carboxylic acids is 1. The number of aliphatic hydroxyl groups is 3. The minimum atomic E-state index is -1.75. The van der Waals surface area contributed by atoms with Crippen LogP contribution in [0.2, 0.25) is 0 Å². The van der Waals surface area contributed by atoms with Crippen LogP contribution in [0.25, 0.3) is 0 Å². The topological polar surface area (TPSA) is 416 Å². The molecule has 0 unspecified atom stereocenters. The number of aliphatic carboxylic acids is 1. The Kier molecular flexibility index (Phi) is 21.4. The summed E-state index contributed by atoms with van der Waals surface area (Å²) in [5.74, 6) is -3.21. The quantitative estimate of drug-likeness (QED) is 0.0381. The number of guanidine groups is 1. The summed E-state index contributed by atoms with van der Waals surface area (Å²) in [6.07, 6.45) is -5.76. The fraction of sp³-hybridized carbons (Fsp3) is 0.788. The Morgan fingerprint density at radius 2 is 1.53 bits per heavy atom. The average Bonchev–Trinajstić information content (AvgIpc) is 3.57. The third-order valence-corrected chi connectivity index (χ3v) is 9.22. The number of ether oxygens (including phenoxy) is 2. The molecule has 0 aromatic rings. The number of carbonyl (C=O) groups excluding carboxylic acids is 5. The standard InChI is InChI=1S/C33H62N12O12/c1-16(47)41-19(7-4-10-40-23(50)12-18(37)6-3-9-39-22(49)11-17(36)5-2-8-34)13-24(51)42-27-28(52)29(57-32(38)55)21(15-46)56-30(27)45-33-43-25(20(48)14-35)26(44-33)31(53)54/h17-21,25-30,46,48,52H,2-15,34-37H2,1H3,(H2,38,55)(H,39,49)(H,40,50)(H,41,47)(H,42,51)(H,53,54)(H2,43,44,45)/t17-,18-,19+,20+,21-,25+,26-,27+,28+,29+,30-/m0/s1. The first-order chi connectivity index (χ1) is 27.0. The molecule has 2 rings (SSSR count). The van der Waals surface area contributed by atoms with Gasteiger partial charge in [0.05, 0.1) is 18.8 Å². The maximum Gasteiger partial charge on any atom is 0.404 e. The first-order valence-corrected chi connectivity index (χ1v) is 18.9. The van der Waals surface area contributed by atoms with Gasteiger partial charge in [-0.05, 0) is 45.1 Å². The highest BCUT2D eigenvalue weighted by atomic mass is 16.6. The number of amides is 5. The van der Waals surface area contributed by atoms with Gasteiger partial charge in [-0.2, -0.15) is 0 Å². The molecule has 0 saturated carbocycles. The highest BCUT2D eigenvalue weighted by Crippen LogP contribution is 2.24. The van der Waals surface area contributed by atoms with Crippen LogP contribution in [0.5, 0.6) is 0 Å². The molecule has 24 heteroatoms. The van der Waals surface area contributed by atoms with Crippen LogP contribution in [0.3, 0.4) is 0 Å². The number of nitrogens with two attached hydrogens (primary N) is 5. The van der Waals surface area contributed by atoms with E-state index in [4.69, 9.17) is 38.1 Å². The Balaban J connectivity index is 1.96. The zero-order chi connectivity index (χ0) is 42.7. The molecule has 0 spiro atoms. The summed E-state index contributed by atoms with van der Waals surface area (Å²) < 4.78 is 10.8. The van der Waals surface area contributed by atoms with Crippen molar-refractivity contribution in [3.63, 3.8) is 0 Å². The molecule has 2 aliphatic rings. The van der Waals surface area contributed by atoms with Gasteiger partial charge in [0.15, 0.2) is 24.3 Å². The van der Waals surface area contributed by atoms with Crippen molar-refractivity contribution in [3.8, 4) is 0 Å². The van der Waals surface area contributed by atoms with Crippen molar-refractivity contribution in [1.29, 1.82) is 0 Å². The first kappa shape index (κ1) is 48.7. The van der Waals surface area contributed by atoms with Gasteiger partial charge in [-0.15, -0.1) is 0 Å². The molecule has 326 valence electrons. The summed E-state index contributed by atoms with van der Waals surface area (Å²) >= 11 is 0. The maximum absolute atomic E-state index is 13.4. The van der Waals surface area contributed by atoms with Crippen molar-refractivity contribution in [2.75, 3.05) is 32.8 Å². The molecule has 0 aromatic heterocycles. The first-order valence-electron chi connectivity index (χ1n) is 18.9. The van der Waals surface area contributed by atoms with E-state index in [0.29, 0.717) is 38.8 Å². The lowest BCUT2D eigenvalue weighted by Gasteiger charge is -2.44. The van der Waals surface area contributed by atoms with Crippen LogP contribution in [0.4, 0.5) is 4.79 Å². The lowest BCUT2D eigenvalue weighted by molar-refractivity contribution is -0.198. The number of aliphatic imine (C=N–C) groups is 1. The number of primary amides is 1. The summed E-state index contributed by atoms with van der Waals surface area (Å²) in [5, 5.41) is 57.2. The smallest absolute Gasteiger partial charge is 0.404 e. The zero-order valence-corrected chi connectivity index (χ0v) is 32.1. The second-order valence-corrected chi connectivity index (χ2v) is 14.1. The lowest BCUT2D eigenvalue weighted by Crippen LogP contribution is -2.69. The Labute approximate surface area is 330 Å². The summed E-state index contributed by atoms with van der Waals surface area (Å²) in [5.41, 5.74) is 28.1. The van der Waals surface area contributed by atoms with Crippen molar-refractivity contribution in [3.05, 3.63) is 0 Å². The SMILES string of the molecule is CC(=O)N[C@H](CCCNC(=O)C[C@@H](N)CCCNC(=O)C[C@@H](N)CCCN)CC(=O)N[C@@H]1[C@@H](O)[C@H](OC(N)=O)[C@H](CO)O[C@@H]1NC1=N[C@H](C(=O)O)[C@@H]([C@H](O)CN)N1. The molecule has 0 bridgehead atoms. The molecule has 24 nitrogen and oxygen atoms in total. The molecule has 1 saturated heterocycles. The Bertz CT molecular complexity index is 1360. The molecular weight excluding hydrogens is 756 g/mol. The molecule has 1 fully saturated rings. The molecule has 2 heterocycles. The van der Waals surface area contributed by atoms with E-state index < -0.39 is 91.3 Å². The number of nitrogens with one attached hydrogen (secondary N) is 6. The van der Waals surface area contributed by atoms with Crippen LogP contribution in [0.1, 0.15) is 64.7 Å². The van der Waals surface area contributed by atoms with Gasteiger partial charge in [-0.25, -0.2) is 14.6 Å². The molecule has 0 aromatic carbocycles. The number of carboxylic acid groups (broad SMARTS) is 1. The lowest BCUT2D eigenvalue weighted by atomic mass is 9.95. The van der Waals surface area contributed by atoms with Gasteiger partial charge >= 0.3 is 12.1 Å². The van der Waals surface area contributed by atoms with Crippen molar-refractivity contribution in [1.82, 2.24) is 31.9 Å². The molecule has 11 atom stereocenters. The Morgan fingerprint density at radius 3 is 2.05 bits per heavy atom. The van der Waals surface area contributed by atoms with Crippen LogP contribution in [-0.4, -0.2) is 162 Å². The number of aliphatic hydroxyl groups excluding tert-OH is 3. The van der Waals surface area contributed by atoms with E-state index in [9.17, 15) is 49.2 Å². The second-order valence-electron chi connectivity index (χ2n) is 14.1. The number of nitrogens with zero attached hydrogens (tertiary/aromatic N) is 1. The van der Waals surface area contributed by atoms with E-state index >= 15 is 0 Å². The van der Waals surface area contributed by atoms with Gasteiger partial charge in [0.1, 0.15) is 18.2 Å². The van der Waals surface area contributed by atoms with E-state index in [2.05, 4.69) is 36.9 Å². The van der Waals surface area contributed by atoms with Crippen LogP contribution in [0.15, 0.2) is 4.99 Å². The summed E-state index contributed by atoms with van der Waals surface area (Å²) in [7, 11) is 0. The average molecular weight is 819 g/mol. The van der Waals surface area contributed by atoms with Crippen molar-refractivity contribution in [2.45, 2.75) is 132 Å². The molecule has 2 aliphatic heterocycles. The van der Waals surface area contributed by atoms with Crippen LogP contribution in [0, 0.1) is 0 Å². The Morgan fingerprint density at radius 1 is 0.930 bits per heavy atom. The number of hydrogen-bond donors (Lipinski definition) is 15. The van der Waals surface area contributed by atoms with Gasteiger partial charge in [-0.3, -0.25) is 19.2 Å². The largest absolute Gasteiger partial charge is 0.480 e. The monoisotopic (exact) mass is 818 g/mol. The summed E-state index contributed by atoms with van der Waals surface area (Å²) in [4.78, 5) is 77.3. The minimum absolute atomic E-state index is 0.0428. The molecule has 57 heavy (non-hydrogen) atoms. The van der Waals surface area contributed by atoms with E-state index in [-0.39, 0.29) is 62.6 Å². The fourth-order valence-corrected chi connectivity index (χ4v) is 6.39. The Hall–Kier alpha value is -4.43. The van der Waals surface area contributed by atoms with Gasteiger partial charge in [0.25, 0.3) is 0 Å². The normalized spacial score (nSPS) is 25.1. The van der Waals surface area contributed by atoms with E-state index in [0.717, 1.165) is 6.42 Å². The van der Waals surface area contributed by atoms with Crippen molar-refractivity contribution >= 4 is 41.7 Å². The minimum Gasteiger partial charge on any atom is -0.480 e. The second kappa shape index (κ2) is 25.0. The highest BCUT2D eigenvalue weighted by Gasteiger charge is 2.49. The summed E-state index contributed by atoms with van der Waals surface area (Å²) in [6.45, 7) is 1.28. The third-order valence-electron chi connectivity index (χ3n) is 9.22. The highest BCUT2D eigenvalue weighted by molar-refractivity contribution is 5.89. The number of rotatable bonds is 25. The van der Waals surface area contributed by atoms with Crippen LogP contribution >= 0.6 is 0 Å². The van der Waals surface area contributed by atoms with Crippen molar-refractivity contribution < 1.29 is 58.7 Å². The fourth-order valence-electron chi connectivity index (χ4n) is 6.39. The predicted octanol–water partition coefficient (Wildman–Crippen LogP) is -6.44. The van der Waals surface area contributed by atoms with Crippen molar-refractivity contribution in [2.24, 2.45) is 33.7 Å². The zero-order valence-electron chi connectivity index (χ0n) is 32.1. The van der Waals surface area contributed by atoms with E-state index in [1.807, 2.05) is 0 Å². The molecular formula is C33H62N12O12. The van der Waals surface area contributed by atoms with E-state index in [1.54, 1.807) is 0 Å². The van der Waals surface area contributed by atoms with E-state index in [1.165, 1.54) is 6.92 Å².